The molecule has 44 heavy (non-hydrogen) atoms. The molecule has 3 atom stereocenters. The highest BCUT2D eigenvalue weighted by Gasteiger charge is 2.34. The quantitative estimate of drug-likeness (QED) is 0.191. The summed E-state index contributed by atoms with van der Waals surface area (Å²) in [5.74, 6) is 0. The fraction of sp³-hybridized carbons (Fsp3) is 0.314. The van der Waals surface area contributed by atoms with Gasteiger partial charge >= 0.3 is 0 Å². The van der Waals surface area contributed by atoms with E-state index in [1.807, 2.05) is 48.5 Å². The van der Waals surface area contributed by atoms with Crippen molar-refractivity contribution >= 4 is 11.4 Å². The Morgan fingerprint density at radius 3 is 2.18 bits per heavy atom. The van der Waals surface area contributed by atoms with E-state index in [4.69, 9.17) is 15.2 Å². The fourth-order valence-electron chi connectivity index (χ4n) is 6.01. The molecule has 0 unspecified atom stereocenters. The van der Waals surface area contributed by atoms with E-state index in [0.29, 0.717) is 6.54 Å². The maximum atomic E-state index is 11.0. The minimum atomic E-state index is -0.512. The number of nitrogens with zero attached hydrogens (tertiary/aromatic N) is 3. The molecule has 0 aromatic heterocycles. The van der Waals surface area contributed by atoms with Crippen molar-refractivity contribution in [2.24, 2.45) is 5.73 Å². The molecule has 2 heterocycles. The van der Waals surface area contributed by atoms with Gasteiger partial charge in [-0.25, -0.2) is 0 Å². The molecular formula is C35H38N4O5. The first-order valence-electron chi connectivity index (χ1n) is 15.1. The molecule has 2 aliphatic heterocycles. The van der Waals surface area contributed by atoms with Crippen LogP contribution in [0.4, 0.5) is 11.4 Å². The highest BCUT2D eigenvalue weighted by atomic mass is 16.7. The molecule has 6 rings (SSSR count). The number of hydrogen-bond acceptors (Lipinski definition) is 8. The zero-order chi connectivity index (χ0) is 30.5. The van der Waals surface area contributed by atoms with Gasteiger partial charge in [0.25, 0.3) is 5.69 Å². The van der Waals surface area contributed by atoms with Crippen LogP contribution in [0.25, 0.3) is 11.1 Å². The van der Waals surface area contributed by atoms with Gasteiger partial charge in [-0.3, -0.25) is 15.0 Å². The third kappa shape index (κ3) is 6.99. The first-order valence-corrected chi connectivity index (χ1v) is 15.1. The first kappa shape index (κ1) is 29.9. The number of ether oxygens (including phenoxy) is 2. The van der Waals surface area contributed by atoms with E-state index >= 15 is 0 Å². The molecule has 2 aliphatic rings. The number of nitrogens with two attached hydrogens (primary N) is 1. The third-order valence-electron chi connectivity index (χ3n) is 8.55. The average molecular weight is 595 g/mol. The summed E-state index contributed by atoms with van der Waals surface area (Å²) in [6.07, 6.45) is 0.0283. The van der Waals surface area contributed by atoms with Gasteiger partial charge in [-0.1, -0.05) is 66.7 Å². The predicted octanol–water partition coefficient (Wildman–Crippen LogP) is 5.58. The fourth-order valence-corrected chi connectivity index (χ4v) is 6.01. The SMILES string of the molecule is NCc1cccc(-c2ccc([C@H]3O[C@@H](CN4CCN(c5ccc([N+](=O)[O-])cc5)CC4)C[C@@H](c4ccc(CO)cc4)O3)cc2)c1. The standard InChI is InChI=1S/C35H38N4O5/c36-22-26-2-1-3-30(20-26)27-8-10-29(11-9-27)35-43-33(21-34(44-35)28-6-4-25(24-40)5-7-28)23-37-16-18-38(19-17-37)31-12-14-32(15-13-31)39(41)42/h1-15,20,33-35,40H,16-19,21-24,36H2/t33-,34+,35+/m1/s1. The second-order valence-electron chi connectivity index (χ2n) is 11.4. The minimum absolute atomic E-state index is 0.00650. The maximum absolute atomic E-state index is 11.0. The van der Waals surface area contributed by atoms with Crippen LogP contribution in [0.5, 0.6) is 0 Å². The number of piperazine rings is 1. The molecule has 2 fully saturated rings. The number of nitro groups is 1. The molecule has 4 aromatic carbocycles. The van der Waals surface area contributed by atoms with Gasteiger partial charge in [0.05, 0.1) is 23.7 Å². The second kappa shape index (κ2) is 13.7. The van der Waals surface area contributed by atoms with Crippen molar-refractivity contribution in [3.63, 3.8) is 0 Å². The lowest BCUT2D eigenvalue weighted by Gasteiger charge is -2.41. The Hall–Kier alpha value is -4.12. The van der Waals surface area contributed by atoms with Crippen LogP contribution in [-0.4, -0.2) is 53.8 Å². The van der Waals surface area contributed by atoms with Crippen LogP contribution in [0.1, 0.15) is 41.1 Å². The highest BCUT2D eigenvalue weighted by Crippen LogP contribution is 2.39. The van der Waals surface area contributed by atoms with E-state index in [0.717, 1.165) is 78.2 Å². The van der Waals surface area contributed by atoms with Crippen molar-refractivity contribution in [1.82, 2.24) is 4.90 Å². The molecule has 2 saturated heterocycles. The number of nitro benzene ring substituents is 1. The summed E-state index contributed by atoms with van der Waals surface area (Å²) in [5.41, 5.74) is 13.2. The number of non-ortho nitro benzene ring substituents is 1. The monoisotopic (exact) mass is 594 g/mol. The van der Waals surface area contributed by atoms with E-state index in [1.165, 1.54) is 0 Å². The van der Waals surface area contributed by atoms with Gasteiger partial charge in [-0.2, -0.15) is 0 Å². The molecule has 9 heteroatoms. The number of aliphatic hydroxyl groups excluding tert-OH is 1. The van der Waals surface area contributed by atoms with Crippen molar-refractivity contribution in [2.45, 2.75) is 38.1 Å². The lowest BCUT2D eigenvalue weighted by atomic mass is 9.99. The number of anilines is 1. The van der Waals surface area contributed by atoms with E-state index in [9.17, 15) is 15.2 Å². The third-order valence-corrected chi connectivity index (χ3v) is 8.55. The molecule has 0 aliphatic carbocycles. The van der Waals surface area contributed by atoms with Gasteiger partial charge in [0.15, 0.2) is 6.29 Å². The van der Waals surface area contributed by atoms with E-state index < -0.39 is 6.29 Å². The molecule has 0 bridgehead atoms. The van der Waals surface area contributed by atoms with Crippen molar-refractivity contribution in [3.05, 3.63) is 129 Å². The summed E-state index contributed by atoms with van der Waals surface area (Å²) in [6.45, 7) is 4.70. The van der Waals surface area contributed by atoms with Gasteiger partial charge in [0.2, 0.25) is 0 Å². The van der Waals surface area contributed by atoms with Crippen LogP contribution in [0, 0.1) is 10.1 Å². The summed E-state index contributed by atoms with van der Waals surface area (Å²) >= 11 is 0. The molecule has 0 radical (unpaired) electrons. The Bertz CT molecular complexity index is 1540. The van der Waals surface area contributed by atoms with Gasteiger partial charge in [0, 0.05) is 69.1 Å². The van der Waals surface area contributed by atoms with Crippen molar-refractivity contribution < 1.29 is 19.5 Å². The number of aliphatic hydroxyl groups is 1. The smallest absolute Gasteiger partial charge is 0.269 e. The number of benzene rings is 4. The first-order chi connectivity index (χ1) is 21.5. The van der Waals surface area contributed by atoms with Crippen molar-refractivity contribution in [1.29, 1.82) is 0 Å². The van der Waals surface area contributed by atoms with E-state index in [-0.39, 0.29) is 29.4 Å². The Balaban J connectivity index is 1.15. The van der Waals surface area contributed by atoms with Gasteiger partial charge in [0.1, 0.15) is 0 Å². The van der Waals surface area contributed by atoms with Gasteiger partial charge in [-0.05, 0) is 46.0 Å². The molecule has 9 nitrogen and oxygen atoms in total. The Labute approximate surface area is 257 Å². The zero-order valence-electron chi connectivity index (χ0n) is 24.6. The second-order valence-corrected chi connectivity index (χ2v) is 11.4. The van der Waals surface area contributed by atoms with Crippen LogP contribution in [0.2, 0.25) is 0 Å². The Kier molecular flexibility index (Phi) is 9.30. The summed E-state index contributed by atoms with van der Waals surface area (Å²) in [7, 11) is 0. The van der Waals surface area contributed by atoms with Crippen LogP contribution < -0.4 is 10.6 Å². The van der Waals surface area contributed by atoms with Crippen LogP contribution in [0.15, 0.2) is 97.1 Å². The maximum Gasteiger partial charge on any atom is 0.269 e. The zero-order valence-corrected chi connectivity index (χ0v) is 24.6. The number of hydrogen-bond donors (Lipinski definition) is 2. The molecule has 0 saturated carbocycles. The summed E-state index contributed by atoms with van der Waals surface area (Å²) in [6, 6.07) is 31.4. The lowest BCUT2D eigenvalue weighted by Crippen LogP contribution is -2.49. The van der Waals surface area contributed by atoms with E-state index in [1.54, 1.807) is 12.1 Å². The predicted molar refractivity (Wildman–Crippen MR) is 170 cm³/mol. The van der Waals surface area contributed by atoms with Crippen LogP contribution in [0.3, 0.4) is 0 Å². The van der Waals surface area contributed by atoms with Crippen molar-refractivity contribution in [3.8, 4) is 11.1 Å². The van der Waals surface area contributed by atoms with Crippen LogP contribution >= 0.6 is 0 Å². The summed E-state index contributed by atoms with van der Waals surface area (Å²) in [4.78, 5) is 15.3. The normalized spacial score (nSPS) is 20.9. The number of rotatable bonds is 9. The largest absolute Gasteiger partial charge is 0.392 e. The lowest BCUT2D eigenvalue weighted by molar-refractivity contribution is -0.384. The average Bonchev–Trinajstić information content (AvgIpc) is 3.08. The Morgan fingerprint density at radius 1 is 0.818 bits per heavy atom. The topological polar surface area (TPSA) is 114 Å². The van der Waals surface area contributed by atoms with Gasteiger partial charge < -0.3 is 25.2 Å². The Morgan fingerprint density at radius 2 is 1.52 bits per heavy atom. The molecule has 228 valence electrons. The van der Waals surface area contributed by atoms with E-state index in [2.05, 4.69) is 46.2 Å². The summed E-state index contributed by atoms with van der Waals surface area (Å²) in [5, 5.41) is 20.5. The molecule has 3 N–H and O–H groups in total. The molecular weight excluding hydrogens is 556 g/mol. The van der Waals surface area contributed by atoms with Crippen molar-refractivity contribution in [2.75, 3.05) is 37.6 Å². The van der Waals surface area contributed by atoms with Crippen LogP contribution in [-0.2, 0) is 22.6 Å². The molecule has 0 amide bonds. The minimum Gasteiger partial charge on any atom is -0.392 e. The highest BCUT2D eigenvalue weighted by molar-refractivity contribution is 5.64. The molecule has 4 aromatic rings. The molecule has 0 spiro atoms. The summed E-state index contributed by atoms with van der Waals surface area (Å²) < 4.78 is 13.2. The van der Waals surface area contributed by atoms with Gasteiger partial charge in [-0.15, -0.1) is 0 Å².